The fourth-order valence-corrected chi connectivity index (χ4v) is 4.68. The smallest absolute Gasteiger partial charge is 0.244 e. The quantitative estimate of drug-likeness (QED) is 0.878. The third-order valence-electron chi connectivity index (χ3n) is 5.99. The van der Waals surface area contributed by atoms with Crippen LogP contribution in [0.5, 0.6) is 0 Å². The van der Waals surface area contributed by atoms with Gasteiger partial charge in [-0.05, 0) is 38.5 Å². The summed E-state index contributed by atoms with van der Waals surface area (Å²) in [5.41, 5.74) is 6.81. The molecule has 2 N–H and O–H groups in total. The van der Waals surface area contributed by atoms with Crippen LogP contribution in [0.3, 0.4) is 0 Å². The molecular formula is C18H29N5O2. The lowest BCUT2D eigenvalue weighted by molar-refractivity contribution is -0.136. The molecule has 7 nitrogen and oxygen atoms in total. The number of carbonyl (C=O) groups excluding carboxylic acids is 1. The summed E-state index contributed by atoms with van der Waals surface area (Å²) in [5.74, 6) is 1.30. The molecule has 1 aromatic heterocycles. The molecule has 25 heavy (non-hydrogen) atoms. The number of ether oxygens (including phenoxy) is 1. The highest BCUT2D eigenvalue weighted by atomic mass is 16.5. The second-order valence-electron chi connectivity index (χ2n) is 7.81. The topological polar surface area (TPSA) is 76.6 Å². The Bertz CT molecular complexity index is 625. The lowest BCUT2D eigenvalue weighted by atomic mass is 9.95. The predicted octanol–water partition coefficient (Wildman–Crippen LogP) is 0.876. The van der Waals surface area contributed by atoms with Crippen molar-refractivity contribution in [2.45, 2.75) is 51.2 Å². The van der Waals surface area contributed by atoms with Gasteiger partial charge in [-0.1, -0.05) is 0 Å². The Morgan fingerprint density at radius 2 is 2.00 bits per heavy atom. The first-order valence-electron chi connectivity index (χ1n) is 9.51. The second-order valence-corrected chi connectivity index (χ2v) is 7.81. The van der Waals surface area contributed by atoms with Crippen LogP contribution in [-0.4, -0.2) is 70.4 Å². The average Bonchev–Trinajstić information content (AvgIpc) is 2.81. The zero-order chi connectivity index (χ0) is 17.4. The number of aryl methyl sites for hydroxylation is 1. The maximum absolute atomic E-state index is 12.9. The molecule has 1 aromatic rings. The first-order valence-corrected chi connectivity index (χ1v) is 9.51. The van der Waals surface area contributed by atoms with Crippen LogP contribution in [0.1, 0.15) is 31.4 Å². The minimum Gasteiger partial charge on any atom is -0.384 e. The van der Waals surface area contributed by atoms with Gasteiger partial charge in [-0.25, -0.2) is 4.68 Å². The summed E-state index contributed by atoms with van der Waals surface area (Å²) in [7, 11) is 0. The van der Waals surface area contributed by atoms with E-state index in [1.165, 1.54) is 6.42 Å². The van der Waals surface area contributed by atoms with Gasteiger partial charge in [0, 0.05) is 51.0 Å². The molecule has 1 amide bonds. The summed E-state index contributed by atoms with van der Waals surface area (Å²) in [4.78, 5) is 17.7. The van der Waals surface area contributed by atoms with Crippen LogP contribution in [0.15, 0.2) is 6.07 Å². The maximum atomic E-state index is 12.9. The van der Waals surface area contributed by atoms with Gasteiger partial charge in [0.15, 0.2) is 0 Å². The predicted molar refractivity (Wildman–Crippen MR) is 95.0 cm³/mol. The first-order chi connectivity index (χ1) is 12.1. The summed E-state index contributed by atoms with van der Waals surface area (Å²) in [6.45, 7) is 6.89. The normalized spacial score (nSPS) is 28.3. The maximum Gasteiger partial charge on any atom is 0.244 e. The van der Waals surface area contributed by atoms with E-state index in [2.05, 4.69) is 14.9 Å². The Labute approximate surface area is 149 Å². The molecule has 2 bridgehead atoms. The van der Waals surface area contributed by atoms with Crippen molar-refractivity contribution in [3.8, 4) is 0 Å². The zero-order valence-corrected chi connectivity index (χ0v) is 15.1. The van der Waals surface area contributed by atoms with Gasteiger partial charge < -0.3 is 15.4 Å². The van der Waals surface area contributed by atoms with Crippen LogP contribution in [0, 0.1) is 12.8 Å². The largest absolute Gasteiger partial charge is 0.384 e. The van der Waals surface area contributed by atoms with Crippen molar-refractivity contribution in [2.24, 2.45) is 5.92 Å². The number of hydrogen-bond acceptors (Lipinski definition) is 5. The van der Waals surface area contributed by atoms with E-state index in [-0.39, 0.29) is 12.5 Å². The highest BCUT2D eigenvalue weighted by molar-refractivity contribution is 5.77. The highest BCUT2D eigenvalue weighted by Crippen LogP contribution is 2.31. The highest BCUT2D eigenvalue weighted by Gasteiger charge is 2.39. The van der Waals surface area contributed by atoms with Crippen molar-refractivity contribution in [1.29, 1.82) is 0 Å². The summed E-state index contributed by atoms with van der Waals surface area (Å²) < 4.78 is 7.15. The lowest BCUT2D eigenvalue weighted by Gasteiger charge is -2.37. The van der Waals surface area contributed by atoms with Crippen molar-refractivity contribution in [3.05, 3.63) is 11.8 Å². The number of nitrogen functional groups attached to an aromatic ring is 1. The molecule has 0 unspecified atom stereocenters. The van der Waals surface area contributed by atoms with E-state index in [4.69, 9.17) is 10.5 Å². The van der Waals surface area contributed by atoms with Crippen LogP contribution >= 0.6 is 0 Å². The molecule has 0 spiro atoms. The second kappa shape index (κ2) is 6.96. The minimum atomic E-state index is 0.151. The Morgan fingerprint density at radius 1 is 1.20 bits per heavy atom. The first kappa shape index (κ1) is 16.8. The van der Waals surface area contributed by atoms with Crippen molar-refractivity contribution < 1.29 is 9.53 Å². The van der Waals surface area contributed by atoms with Gasteiger partial charge in [0.25, 0.3) is 0 Å². The van der Waals surface area contributed by atoms with Gasteiger partial charge in [-0.15, -0.1) is 0 Å². The molecule has 138 valence electrons. The van der Waals surface area contributed by atoms with E-state index in [0.717, 1.165) is 57.8 Å². The van der Waals surface area contributed by atoms with Gasteiger partial charge in [-0.2, -0.15) is 5.10 Å². The van der Waals surface area contributed by atoms with Crippen LogP contribution in [0.2, 0.25) is 0 Å². The third kappa shape index (κ3) is 3.53. The number of nitrogens with zero attached hydrogens (tertiary/aromatic N) is 4. The number of rotatable bonds is 3. The fraction of sp³-hybridized carbons (Fsp3) is 0.778. The number of piperidine rings is 1. The number of nitrogens with two attached hydrogens (primary N) is 1. The van der Waals surface area contributed by atoms with Crippen LogP contribution < -0.4 is 5.73 Å². The molecule has 5 rings (SSSR count). The van der Waals surface area contributed by atoms with E-state index >= 15 is 0 Å². The molecule has 0 aromatic carbocycles. The molecule has 2 atom stereocenters. The van der Waals surface area contributed by atoms with E-state index in [9.17, 15) is 4.79 Å². The van der Waals surface area contributed by atoms with Gasteiger partial charge >= 0.3 is 0 Å². The standard InChI is InChI=1S/C18H29N5O2/c1-13-8-17(19)23(20-13)12-18(24)22-10-14-2-3-16(22)11-21(9-14)15-4-6-25-7-5-15/h8,14-16H,2-7,9-12,19H2,1H3/t14-,16+/m1/s1. The van der Waals surface area contributed by atoms with Crippen LogP contribution in [-0.2, 0) is 16.1 Å². The van der Waals surface area contributed by atoms with Crippen molar-refractivity contribution in [3.63, 3.8) is 0 Å². The molecule has 5 heterocycles. The number of fused-ring (bicyclic) bond motifs is 4. The van der Waals surface area contributed by atoms with Crippen LogP contribution in [0.25, 0.3) is 0 Å². The molecule has 4 saturated heterocycles. The number of hydrogen-bond donors (Lipinski definition) is 1. The van der Waals surface area contributed by atoms with Crippen molar-refractivity contribution in [2.75, 3.05) is 38.6 Å². The summed E-state index contributed by atoms with van der Waals surface area (Å²) in [6.07, 6.45) is 4.59. The third-order valence-corrected chi connectivity index (χ3v) is 5.99. The van der Waals surface area contributed by atoms with Gasteiger partial charge in [0.2, 0.25) is 5.91 Å². The Kier molecular flexibility index (Phi) is 4.69. The lowest BCUT2D eigenvalue weighted by Crippen LogP contribution is -2.49. The molecule has 0 radical (unpaired) electrons. The SMILES string of the molecule is Cc1cc(N)n(CC(=O)N2C[C@@H]3CC[C@H]2CN(C2CCOCC2)C3)n1. The molecule has 4 aliphatic heterocycles. The van der Waals surface area contributed by atoms with Crippen molar-refractivity contribution >= 4 is 11.7 Å². The monoisotopic (exact) mass is 347 g/mol. The summed E-state index contributed by atoms with van der Waals surface area (Å²) in [6, 6.07) is 2.76. The van der Waals surface area contributed by atoms with Gasteiger partial charge in [0.1, 0.15) is 12.4 Å². The number of aromatic nitrogens is 2. The molecule has 7 heteroatoms. The van der Waals surface area contributed by atoms with E-state index in [1.807, 2.05) is 13.0 Å². The summed E-state index contributed by atoms with van der Waals surface area (Å²) >= 11 is 0. The number of carbonyl (C=O) groups is 1. The molecule has 0 aliphatic carbocycles. The zero-order valence-electron chi connectivity index (χ0n) is 15.1. The molecular weight excluding hydrogens is 318 g/mol. The minimum absolute atomic E-state index is 0.151. The molecule has 4 fully saturated rings. The molecule has 0 saturated carbocycles. The number of amides is 1. The van der Waals surface area contributed by atoms with E-state index in [0.29, 0.717) is 23.8 Å². The van der Waals surface area contributed by atoms with Crippen LogP contribution in [0.4, 0.5) is 5.82 Å². The fourth-order valence-electron chi connectivity index (χ4n) is 4.68. The van der Waals surface area contributed by atoms with E-state index < -0.39 is 0 Å². The Hall–Kier alpha value is -1.60. The number of anilines is 1. The average molecular weight is 347 g/mol. The van der Waals surface area contributed by atoms with Crippen molar-refractivity contribution in [1.82, 2.24) is 19.6 Å². The molecule has 4 aliphatic rings. The Morgan fingerprint density at radius 3 is 2.72 bits per heavy atom. The Balaban J connectivity index is 1.44. The van der Waals surface area contributed by atoms with E-state index in [1.54, 1.807) is 4.68 Å². The van der Waals surface area contributed by atoms with Gasteiger partial charge in [0.05, 0.1) is 5.69 Å². The summed E-state index contributed by atoms with van der Waals surface area (Å²) in [5, 5.41) is 4.34. The van der Waals surface area contributed by atoms with Gasteiger partial charge in [-0.3, -0.25) is 9.69 Å².